The molecule has 0 spiro atoms. The third kappa shape index (κ3) is 3.12. The van der Waals surface area contributed by atoms with Gasteiger partial charge in [0.1, 0.15) is 11.4 Å². The number of carbonyl (C=O) groups excluding carboxylic acids is 1. The van der Waals surface area contributed by atoms with Crippen molar-refractivity contribution in [2.24, 2.45) is 5.10 Å². The average Bonchev–Trinajstić information content (AvgIpc) is 2.93. The fourth-order valence-electron chi connectivity index (χ4n) is 2.50. The minimum Gasteiger partial charge on any atom is -0.497 e. The molecule has 2 N–H and O–H groups in total. The van der Waals surface area contributed by atoms with Crippen LogP contribution in [0.25, 0.3) is 10.9 Å². The molecule has 1 aromatic heterocycles. The van der Waals surface area contributed by atoms with Crippen molar-refractivity contribution >= 4 is 34.6 Å². The first kappa shape index (κ1) is 16.1. The number of aromatic amines is 1. The molecular formula is C18H16ClN3O2. The molecule has 1 heterocycles. The molecular weight excluding hydrogens is 326 g/mol. The van der Waals surface area contributed by atoms with Crippen LogP contribution >= 0.6 is 11.6 Å². The number of halogens is 1. The Morgan fingerprint density at radius 1 is 1.25 bits per heavy atom. The highest BCUT2D eigenvalue weighted by atomic mass is 35.5. The number of hydrazone groups is 1. The number of carbonyl (C=O) groups is 1. The maximum atomic E-state index is 12.3. The lowest BCUT2D eigenvalue weighted by Crippen LogP contribution is -2.18. The number of methoxy groups -OCH3 is 1. The van der Waals surface area contributed by atoms with Gasteiger partial charge in [-0.2, -0.15) is 5.10 Å². The number of nitrogens with zero attached hydrogens (tertiary/aromatic N) is 1. The van der Waals surface area contributed by atoms with E-state index in [4.69, 9.17) is 16.3 Å². The van der Waals surface area contributed by atoms with Gasteiger partial charge in [0.05, 0.1) is 18.3 Å². The third-order valence-corrected chi connectivity index (χ3v) is 4.06. The van der Waals surface area contributed by atoms with E-state index in [1.54, 1.807) is 19.4 Å². The maximum absolute atomic E-state index is 12.3. The summed E-state index contributed by atoms with van der Waals surface area (Å²) in [5.41, 5.74) is 5.45. The van der Waals surface area contributed by atoms with E-state index in [0.717, 1.165) is 27.8 Å². The lowest BCUT2D eigenvalue weighted by atomic mass is 10.1. The highest BCUT2D eigenvalue weighted by molar-refractivity contribution is 6.36. The van der Waals surface area contributed by atoms with Crippen molar-refractivity contribution in [1.82, 2.24) is 10.4 Å². The van der Waals surface area contributed by atoms with Crippen molar-refractivity contribution < 1.29 is 9.53 Å². The number of hydrogen-bond acceptors (Lipinski definition) is 3. The number of rotatable bonds is 4. The van der Waals surface area contributed by atoms with E-state index < -0.39 is 0 Å². The standard InChI is InChI=1S/C18H16ClN3O2/c1-11-16-14(19)4-3-5-15(16)21-17(11)18(23)22-20-10-12-6-8-13(24-2)9-7-12/h3-10,21H,1-2H3,(H,22,23). The van der Waals surface area contributed by atoms with Gasteiger partial charge in [0.15, 0.2) is 0 Å². The molecule has 122 valence electrons. The minimum absolute atomic E-state index is 0.315. The summed E-state index contributed by atoms with van der Waals surface area (Å²) < 4.78 is 5.09. The van der Waals surface area contributed by atoms with Gasteiger partial charge in [-0.1, -0.05) is 17.7 Å². The van der Waals surface area contributed by atoms with Gasteiger partial charge in [0.25, 0.3) is 5.91 Å². The Labute approximate surface area is 144 Å². The first-order valence-electron chi connectivity index (χ1n) is 7.34. The smallest absolute Gasteiger partial charge is 0.288 e. The molecule has 0 bridgehead atoms. The van der Waals surface area contributed by atoms with Crippen LogP contribution in [0.1, 0.15) is 21.6 Å². The molecule has 0 radical (unpaired) electrons. The number of aromatic nitrogens is 1. The number of ether oxygens (including phenoxy) is 1. The highest BCUT2D eigenvalue weighted by Crippen LogP contribution is 2.28. The van der Waals surface area contributed by atoms with Crippen LogP contribution in [0, 0.1) is 6.92 Å². The van der Waals surface area contributed by atoms with Crippen molar-refractivity contribution in [2.75, 3.05) is 7.11 Å². The molecule has 6 heteroatoms. The van der Waals surface area contributed by atoms with Gasteiger partial charge >= 0.3 is 0 Å². The van der Waals surface area contributed by atoms with Crippen molar-refractivity contribution in [3.63, 3.8) is 0 Å². The molecule has 0 fully saturated rings. The van der Waals surface area contributed by atoms with Crippen molar-refractivity contribution in [2.45, 2.75) is 6.92 Å². The molecule has 1 amide bonds. The van der Waals surface area contributed by atoms with Crippen LogP contribution in [-0.4, -0.2) is 24.2 Å². The van der Waals surface area contributed by atoms with Crippen LogP contribution in [0.4, 0.5) is 0 Å². The molecule has 0 aliphatic heterocycles. The summed E-state index contributed by atoms with van der Waals surface area (Å²) in [6, 6.07) is 12.9. The average molecular weight is 342 g/mol. The lowest BCUT2D eigenvalue weighted by Gasteiger charge is -2.00. The molecule has 0 aliphatic carbocycles. The van der Waals surface area contributed by atoms with Crippen LogP contribution in [0.3, 0.4) is 0 Å². The van der Waals surface area contributed by atoms with Gasteiger partial charge in [-0.3, -0.25) is 4.79 Å². The van der Waals surface area contributed by atoms with E-state index in [-0.39, 0.29) is 5.91 Å². The Hall–Kier alpha value is -2.79. The van der Waals surface area contributed by atoms with Crippen LogP contribution < -0.4 is 10.2 Å². The minimum atomic E-state index is -0.315. The molecule has 3 rings (SSSR count). The monoisotopic (exact) mass is 341 g/mol. The Kier molecular flexibility index (Phi) is 4.53. The predicted octanol–water partition coefficient (Wildman–Crippen LogP) is 3.90. The molecule has 2 aromatic carbocycles. The molecule has 0 atom stereocenters. The molecule has 0 saturated carbocycles. The summed E-state index contributed by atoms with van der Waals surface area (Å²) >= 11 is 6.20. The summed E-state index contributed by atoms with van der Waals surface area (Å²) in [5, 5.41) is 5.45. The summed E-state index contributed by atoms with van der Waals surface area (Å²) in [4.78, 5) is 15.4. The zero-order valence-corrected chi connectivity index (χ0v) is 14.0. The van der Waals surface area contributed by atoms with Crippen molar-refractivity contribution in [3.8, 4) is 5.75 Å². The van der Waals surface area contributed by atoms with Crippen LogP contribution in [0.5, 0.6) is 5.75 Å². The zero-order chi connectivity index (χ0) is 17.1. The number of benzene rings is 2. The molecule has 3 aromatic rings. The van der Waals surface area contributed by atoms with E-state index >= 15 is 0 Å². The normalized spacial score (nSPS) is 11.1. The maximum Gasteiger partial charge on any atom is 0.288 e. The van der Waals surface area contributed by atoms with Crippen molar-refractivity contribution in [1.29, 1.82) is 0 Å². The second kappa shape index (κ2) is 6.76. The number of amides is 1. The lowest BCUT2D eigenvalue weighted by molar-refractivity contribution is 0.0950. The summed E-state index contributed by atoms with van der Waals surface area (Å²) in [7, 11) is 1.61. The van der Waals surface area contributed by atoms with Gasteiger partial charge in [0.2, 0.25) is 0 Å². The molecule has 5 nitrogen and oxygen atoms in total. The van der Waals surface area contributed by atoms with E-state index in [9.17, 15) is 4.79 Å². The Morgan fingerprint density at radius 3 is 2.67 bits per heavy atom. The fraction of sp³-hybridized carbons (Fsp3) is 0.111. The second-order valence-corrected chi connectivity index (χ2v) is 5.67. The van der Waals surface area contributed by atoms with Crippen molar-refractivity contribution in [3.05, 3.63) is 64.3 Å². The number of aryl methyl sites for hydroxylation is 1. The first-order valence-corrected chi connectivity index (χ1v) is 7.72. The molecule has 0 aliphatic rings. The van der Waals surface area contributed by atoms with Crippen LogP contribution in [0.15, 0.2) is 47.6 Å². The molecule has 0 saturated heterocycles. The summed E-state index contributed by atoms with van der Waals surface area (Å²) in [5.74, 6) is 0.450. The van der Waals surface area contributed by atoms with E-state index in [1.807, 2.05) is 43.3 Å². The quantitative estimate of drug-likeness (QED) is 0.558. The second-order valence-electron chi connectivity index (χ2n) is 5.26. The SMILES string of the molecule is COc1ccc(C=NNC(=O)c2[nH]c3cccc(Cl)c3c2C)cc1. The van der Waals surface area contributed by atoms with Gasteiger partial charge in [0, 0.05) is 10.9 Å². The van der Waals surface area contributed by atoms with Gasteiger partial charge in [-0.05, 0) is 54.4 Å². The number of nitrogens with one attached hydrogen (secondary N) is 2. The largest absolute Gasteiger partial charge is 0.497 e. The number of hydrogen-bond donors (Lipinski definition) is 2. The zero-order valence-electron chi connectivity index (χ0n) is 13.3. The van der Waals surface area contributed by atoms with E-state index in [0.29, 0.717) is 10.7 Å². The first-order chi connectivity index (χ1) is 11.6. The Balaban J connectivity index is 1.76. The Morgan fingerprint density at radius 2 is 2.00 bits per heavy atom. The van der Waals surface area contributed by atoms with Gasteiger partial charge in [-0.15, -0.1) is 0 Å². The third-order valence-electron chi connectivity index (χ3n) is 3.75. The Bertz CT molecular complexity index is 914. The highest BCUT2D eigenvalue weighted by Gasteiger charge is 2.15. The van der Waals surface area contributed by atoms with Gasteiger partial charge < -0.3 is 9.72 Å². The van der Waals surface area contributed by atoms with Crippen LogP contribution in [0.2, 0.25) is 5.02 Å². The summed E-state index contributed by atoms with van der Waals surface area (Å²) in [6.45, 7) is 1.85. The molecule has 24 heavy (non-hydrogen) atoms. The topological polar surface area (TPSA) is 66.5 Å². The number of fused-ring (bicyclic) bond motifs is 1. The van der Waals surface area contributed by atoms with E-state index in [2.05, 4.69) is 15.5 Å². The van der Waals surface area contributed by atoms with Crippen LogP contribution in [-0.2, 0) is 0 Å². The predicted molar refractivity (Wildman–Crippen MR) is 96.1 cm³/mol. The summed E-state index contributed by atoms with van der Waals surface area (Å²) in [6.07, 6.45) is 1.57. The number of H-pyrrole nitrogens is 1. The molecule has 0 unspecified atom stereocenters. The fourth-order valence-corrected chi connectivity index (χ4v) is 2.82. The van der Waals surface area contributed by atoms with E-state index in [1.165, 1.54) is 0 Å². The van der Waals surface area contributed by atoms with Gasteiger partial charge in [-0.25, -0.2) is 5.43 Å².